The predicted octanol–water partition coefficient (Wildman–Crippen LogP) is 4.35. The Balaban J connectivity index is 2.06. The summed E-state index contributed by atoms with van der Waals surface area (Å²) < 4.78 is 6.72. The number of nitrogens with one attached hydrogen (secondary N) is 1. The van der Waals surface area contributed by atoms with Gasteiger partial charge < -0.3 is 10.1 Å². The molecule has 20 heavy (non-hydrogen) atoms. The summed E-state index contributed by atoms with van der Waals surface area (Å²) in [6.07, 6.45) is 0.990. The lowest BCUT2D eigenvalue weighted by Gasteiger charge is -2.20. The normalized spacial score (nSPS) is 14.8. The van der Waals surface area contributed by atoms with Crippen molar-refractivity contribution in [3.05, 3.63) is 62.6 Å². The van der Waals surface area contributed by atoms with Gasteiger partial charge in [-0.2, -0.15) is 0 Å². The van der Waals surface area contributed by atoms with Crippen molar-refractivity contribution in [2.45, 2.75) is 12.5 Å². The van der Waals surface area contributed by atoms with E-state index in [9.17, 15) is 0 Å². The highest BCUT2D eigenvalue weighted by Gasteiger charge is 2.22. The molecule has 1 unspecified atom stereocenters. The summed E-state index contributed by atoms with van der Waals surface area (Å²) >= 11 is 9.56. The van der Waals surface area contributed by atoms with Gasteiger partial charge >= 0.3 is 0 Å². The lowest BCUT2D eigenvalue weighted by molar-refractivity contribution is 0.351. The van der Waals surface area contributed by atoms with Gasteiger partial charge in [-0.25, -0.2) is 0 Å². The molecule has 1 heterocycles. The van der Waals surface area contributed by atoms with Crippen molar-refractivity contribution in [3.63, 3.8) is 0 Å². The van der Waals surface area contributed by atoms with Crippen molar-refractivity contribution < 1.29 is 4.74 Å². The molecule has 2 aromatic rings. The molecule has 3 rings (SSSR count). The fraction of sp³-hybridized carbons (Fsp3) is 0.250. The van der Waals surface area contributed by atoms with Crippen LogP contribution in [0.1, 0.15) is 22.7 Å². The Morgan fingerprint density at radius 1 is 1.30 bits per heavy atom. The van der Waals surface area contributed by atoms with Crippen LogP contribution in [0.2, 0.25) is 5.02 Å². The van der Waals surface area contributed by atoms with Crippen molar-refractivity contribution >= 4 is 27.5 Å². The maximum absolute atomic E-state index is 6.08. The topological polar surface area (TPSA) is 21.3 Å². The minimum Gasteiger partial charge on any atom is -0.493 e. The highest BCUT2D eigenvalue weighted by molar-refractivity contribution is 9.10. The summed E-state index contributed by atoms with van der Waals surface area (Å²) in [5, 5.41) is 4.09. The van der Waals surface area contributed by atoms with Crippen molar-refractivity contribution in [2.75, 3.05) is 13.7 Å². The summed E-state index contributed by atoms with van der Waals surface area (Å²) in [4.78, 5) is 0. The lowest BCUT2D eigenvalue weighted by atomic mass is 9.96. The molecular formula is C16H15BrClNO. The first-order valence-corrected chi connectivity index (χ1v) is 7.74. The maximum atomic E-state index is 6.08. The smallest absolute Gasteiger partial charge is 0.127 e. The fourth-order valence-electron chi connectivity index (χ4n) is 2.66. The second-order valence-corrected chi connectivity index (χ2v) is 6.09. The quantitative estimate of drug-likeness (QED) is 0.887. The maximum Gasteiger partial charge on any atom is 0.127 e. The number of rotatable bonds is 3. The average molecular weight is 353 g/mol. The minimum absolute atomic E-state index is 0.0941. The predicted molar refractivity (Wildman–Crippen MR) is 85.7 cm³/mol. The van der Waals surface area contributed by atoms with Crippen LogP contribution in [0.4, 0.5) is 0 Å². The molecule has 0 bridgehead atoms. The Morgan fingerprint density at radius 2 is 2.15 bits per heavy atom. The largest absolute Gasteiger partial charge is 0.493 e. The van der Waals surface area contributed by atoms with Gasteiger partial charge in [0.2, 0.25) is 0 Å². The van der Waals surface area contributed by atoms with E-state index in [1.807, 2.05) is 19.2 Å². The first kappa shape index (κ1) is 13.9. The molecule has 0 saturated heterocycles. The van der Waals surface area contributed by atoms with Gasteiger partial charge in [0.1, 0.15) is 5.75 Å². The monoisotopic (exact) mass is 351 g/mol. The zero-order chi connectivity index (χ0) is 14.1. The summed E-state index contributed by atoms with van der Waals surface area (Å²) in [7, 11) is 1.96. The molecule has 2 aromatic carbocycles. The molecule has 0 fully saturated rings. The van der Waals surface area contributed by atoms with Crippen LogP contribution in [0.25, 0.3) is 0 Å². The molecule has 1 aliphatic rings. The van der Waals surface area contributed by atoms with Crippen LogP contribution in [0.3, 0.4) is 0 Å². The summed E-state index contributed by atoms with van der Waals surface area (Å²) in [5.74, 6) is 1.03. The number of fused-ring (bicyclic) bond motifs is 1. The van der Waals surface area contributed by atoms with Crippen LogP contribution in [0.15, 0.2) is 40.9 Å². The van der Waals surface area contributed by atoms with Gasteiger partial charge in [0, 0.05) is 16.5 Å². The Labute approximate surface area is 132 Å². The van der Waals surface area contributed by atoms with E-state index >= 15 is 0 Å². The standard InChI is InChI=1S/C16H15BrClNO/c1-19-15(11-5-6-14(18)13(17)9-11)12-4-2-3-10-7-8-20-16(10)12/h2-6,9,15,19H,7-8H2,1H3. The van der Waals surface area contributed by atoms with Crippen LogP contribution in [-0.2, 0) is 6.42 Å². The average Bonchev–Trinajstić information content (AvgIpc) is 2.93. The molecule has 1 N–H and O–H groups in total. The second kappa shape index (κ2) is 5.76. The lowest BCUT2D eigenvalue weighted by Crippen LogP contribution is -2.18. The van der Waals surface area contributed by atoms with E-state index in [2.05, 4.69) is 45.5 Å². The van der Waals surface area contributed by atoms with Crippen LogP contribution < -0.4 is 10.1 Å². The molecule has 0 saturated carbocycles. The van der Waals surface area contributed by atoms with E-state index in [0.717, 1.165) is 33.8 Å². The third-order valence-electron chi connectivity index (χ3n) is 3.62. The Bertz CT molecular complexity index is 644. The van der Waals surface area contributed by atoms with Crippen LogP contribution in [0, 0.1) is 0 Å². The molecule has 0 aromatic heterocycles. The Morgan fingerprint density at radius 3 is 2.90 bits per heavy atom. The van der Waals surface area contributed by atoms with Crippen molar-refractivity contribution in [1.82, 2.24) is 5.32 Å². The van der Waals surface area contributed by atoms with E-state index < -0.39 is 0 Å². The zero-order valence-corrected chi connectivity index (χ0v) is 13.5. The number of para-hydroxylation sites is 1. The van der Waals surface area contributed by atoms with Crippen LogP contribution >= 0.6 is 27.5 Å². The van der Waals surface area contributed by atoms with E-state index in [1.54, 1.807) is 0 Å². The number of hydrogen-bond acceptors (Lipinski definition) is 2. The van der Waals surface area contributed by atoms with Gasteiger partial charge in [0.05, 0.1) is 17.7 Å². The fourth-order valence-corrected chi connectivity index (χ4v) is 3.18. The molecule has 0 amide bonds. The second-order valence-electron chi connectivity index (χ2n) is 4.83. The summed E-state index contributed by atoms with van der Waals surface area (Å²) in [5.41, 5.74) is 3.63. The van der Waals surface area contributed by atoms with Gasteiger partial charge in [-0.1, -0.05) is 35.9 Å². The van der Waals surface area contributed by atoms with Gasteiger partial charge in [0.15, 0.2) is 0 Å². The number of hydrogen-bond donors (Lipinski definition) is 1. The first-order chi connectivity index (χ1) is 9.70. The SMILES string of the molecule is CNC(c1ccc(Cl)c(Br)c1)c1cccc2c1OCC2. The van der Waals surface area contributed by atoms with E-state index in [0.29, 0.717) is 0 Å². The molecule has 0 spiro atoms. The van der Waals surface area contributed by atoms with E-state index in [-0.39, 0.29) is 6.04 Å². The van der Waals surface area contributed by atoms with Gasteiger partial charge in [-0.3, -0.25) is 0 Å². The first-order valence-electron chi connectivity index (χ1n) is 6.57. The van der Waals surface area contributed by atoms with E-state index in [4.69, 9.17) is 16.3 Å². The highest BCUT2D eigenvalue weighted by atomic mass is 79.9. The zero-order valence-electron chi connectivity index (χ0n) is 11.1. The molecule has 4 heteroatoms. The molecule has 0 radical (unpaired) electrons. The van der Waals surface area contributed by atoms with Gasteiger partial charge in [0.25, 0.3) is 0 Å². The Kier molecular flexibility index (Phi) is 4.01. The molecule has 0 aliphatic carbocycles. The molecule has 1 aliphatic heterocycles. The molecule has 1 atom stereocenters. The third-order valence-corrected chi connectivity index (χ3v) is 4.84. The molecule has 2 nitrogen and oxygen atoms in total. The van der Waals surface area contributed by atoms with Crippen LogP contribution in [-0.4, -0.2) is 13.7 Å². The van der Waals surface area contributed by atoms with Crippen molar-refractivity contribution in [1.29, 1.82) is 0 Å². The Hall–Kier alpha value is -1.03. The molecule has 104 valence electrons. The number of ether oxygens (including phenoxy) is 1. The van der Waals surface area contributed by atoms with Crippen molar-refractivity contribution in [3.8, 4) is 5.75 Å². The summed E-state index contributed by atoms with van der Waals surface area (Å²) in [6, 6.07) is 12.5. The number of halogens is 2. The molecular weight excluding hydrogens is 338 g/mol. The minimum atomic E-state index is 0.0941. The van der Waals surface area contributed by atoms with Crippen molar-refractivity contribution in [2.24, 2.45) is 0 Å². The van der Waals surface area contributed by atoms with Gasteiger partial charge in [-0.05, 0) is 46.2 Å². The highest BCUT2D eigenvalue weighted by Crippen LogP contribution is 2.37. The third kappa shape index (κ3) is 2.46. The van der Waals surface area contributed by atoms with Gasteiger partial charge in [-0.15, -0.1) is 0 Å². The van der Waals surface area contributed by atoms with E-state index in [1.165, 1.54) is 11.1 Å². The summed E-state index contributed by atoms with van der Waals surface area (Å²) in [6.45, 7) is 0.771. The number of benzene rings is 2. The van der Waals surface area contributed by atoms with Crippen LogP contribution in [0.5, 0.6) is 5.75 Å².